The summed E-state index contributed by atoms with van der Waals surface area (Å²) in [5.74, 6) is 0. The molecule has 2 N–H and O–H groups in total. The van der Waals surface area contributed by atoms with Crippen molar-refractivity contribution in [2.75, 3.05) is 0 Å². The second kappa shape index (κ2) is 5.52. The minimum atomic E-state index is -0.641. The second-order valence-corrected chi connectivity index (χ2v) is 4.14. The van der Waals surface area contributed by atoms with Gasteiger partial charge in [-0.05, 0) is 22.7 Å². The van der Waals surface area contributed by atoms with Crippen LogP contribution in [0.15, 0.2) is 66.4 Å². The van der Waals surface area contributed by atoms with Crippen molar-refractivity contribution in [2.24, 2.45) is 5.73 Å². The van der Waals surface area contributed by atoms with Gasteiger partial charge in [0.25, 0.3) is 5.24 Å². The first-order chi connectivity index (χ1) is 8.70. The summed E-state index contributed by atoms with van der Waals surface area (Å²) in [6, 6.07) is 19.0. The summed E-state index contributed by atoms with van der Waals surface area (Å²) >= 11 is 5.50. The lowest BCUT2D eigenvalue weighted by molar-refractivity contribution is -0.108. The van der Waals surface area contributed by atoms with Crippen LogP contribution in [0.4, 0.5) is 0 Å². The molecule has 0 saturated heterocycles. The Balaban J connectivity index is 2.64. The third kappa shape index (κ3) is 2.60. The monoisotopic (exact) mass is 257 g/mol. The van der Waals surface area contributed by atoms with E-state index in [2.05, 4.69) is 0 Å². The van der Waals surface area contributed by atoms with Crippen LogP contribution in [0.1, 0.15) is 11.1 Å². The molecule has 2 nitrogen and oxygen atoms in total. The zero-order valence-corrected chi connectivity index (χ0v) is 10.4. The largest absolute Gasteiger partial charge is 0.394 e. The van der Waals surface area contributed by atoms with Crippen LogP contribution in [0.3, 0.4) is 0 Å². The molecule has 0 spiro atoms. The molecule has 0 heterocycles. The van der Waals surface area contributed by atoms with E-state index in [0.717, 1.165) is 11.1 Å². The predicted octanol–water partition coefficient (Wildman–Crippen LogP) is 3.17. The average Bonchev–Trinajstić information content (AvgIpc) is 2.41. The molecule has 0 saturated carbocycles. The Hall–Kier alpha value is -2.06. The molecule has 0 aliphatic heterocycles. The molecular formula is C15H12ClNO. The Bertz CT molecular complexity index is 534. The standard InChI is InChI=1S/C15H12ClNO/c16-15(18)14(17)13(11-7-3-1-4-8-11)12-9-5-2-6-10-12/h1-10H,17H2. The summed E-state index contributed by atoms with van der Waals surface area (Å²) in [7, 11) is 0. The fraction of sp³-hybridized carbons (Fsp3) is 0. The molecule has 3 heteroatoms. The molecule has 2 rings (SSSR count). The van der Waals surface area contributed by atoms with E-state index in [1.807, 2.05) is 60.7 Å². The summed E-state index contributed by atoms with van der Waals surface area (Å²) in [5, 5.41) is -0.641. The topological polar surface area (TPSA) is 43.1 Å². The SMILES string of the molecule is NC(C(=O)Cl)=C(c1ccccc1)c1ccccc1. The van der Waals surface area contributed by atoms with E-state index < -0.39 is 5.24 Å². The van der Waals surface area contributed by atoms with Gasteiger partial charge in [0.2, 0.25) is 0 Å². The fourth-order valence-electron chi connectivity index (χ4n) is 1.79. The third-order valence-corrected chi connectivity index (χ3v) is 2.81. The van der Waals surface area contributed by atoms with Crippen LogP contribution in [-0.2, 0) is 4.79 Å². The number of carbonyl (C=O) groups is 1. The summed E-state index contributed by atoms with van der Waals surface area (Å²) in [4.78, 5) is 11.3. The van der Waals surface area contributed by atoms with Crippen molar-refractivity contribution in [3.63, 3.8) is 0 Å². The van der Waals surface area contributed by atoms with E-state index in [0.29, 0.717) is 5.57 Å². The Kier molecular flexibility index (Phi) is 3.80. The van der Waals surface area contributed by atoms with Crippen molar-refractivity contribution in [1.82, 2.24) is 0 Å². The minimum absolute atomic E-state index is 0.0640. The first-order valence-electron chi connectivity index (χ1n) is 5.50. The Labute approximate surface area is 111 Å². The van der Waals surface area contributed by atoms with Gasteiger partial charge in [-0.2, -0.15) is 0 Å². The number of rotatable bonds is 3. The smallest absolute Gasteiger partial charge is 0.268 e. The van der Waals surface area contributed by atoms with E-state index in [1.54, 1.807) is 0 Å². The van der Waals surface area contributed by atoms with Gasteiger partial charge >= 0.3 is 0 Å². The molecule has 2 aromatic carbocycles. The lowest BCUT2D eigenvalue weighted by Crippen LogP contribution is -2.09. The van der Waals surface area contributed by atoms with Crippen molar-refractivity contribution < 1.29 is 4.79 Å². The minimum Gasteiger partial charge on any atom is -0.394 e. The number of carbonyl (C=O) groups excluding carboxylic acids is 1. The van der Waals surface area contributed by atoms with Gasteiger partial charge in [0.15, 0.2) is 0 Å². The van der Waals surface area contributed by atoms with Gasteiger partial charge in [0.05, 0.1) is 0 Å². The summed E-state index contributed by atoms with van der Waals surface area (Å²) in [5.41, 5.74) is 8.29. The van der Waals surface area contributed by atoms with Crippen molar-refractivity contribution in [3.05, 3.63) is 77.5 Å². The maximum absolute atomic E-state index is 11.3. The van der Waals surface area contributed by atoms with Gasteiger partial charge in [0.1, 0.15) is 5.70 Å². The molecule has 90 valence electrons. The highest BCUT2D eigenvalue weighted by atomic mass is 35.5. The van der Waals surface area contributed by atoms with E-state index in [4.69, 9.17) is 17.3 Å². The van der Waals surface area contributed by atoms with Gasteiger partial charge in [-0.15, -0.1) is 0 Å². The van der Waals surface area contributed by atoms with Crippen LogP contribution in [0.25, 0.3) is 5.57 Å². The lowest BCUT2D eigenvalue weighted by atomic mass is 9.96. The third-order valence-electron chi connectivity index (χ3n) is 2.61. The number of hydrogen-bond donors (Lipinski definition) is 1. The molecular weight excluding hydrogens is 246 g/mol. The van der Waals surface area contributed by atoms with Gasteiger partial charge in [0, 0.05) is 5.57 Å². The zero-order chi connectivity index (χ0) is 13.0. The Morgan fingerprint density at radius 1 is 0.833 bits per heavy atom. The van der Waals surface area contributed by atoms with Crippen LogP contribution < -0.4 is 5.73 Å². The number of benzene rings is 2. The van der Waals surface area contributed by atoms with Gasteiger partial charge in [-0.3, -0.25) is 4.79 Å². The van der Waals surface area contributed by atoms with Crippen LogP contribution in [0, 0.1) is 0 Å². The predicted molar refractivity (Wildman–Crippen MR) is 74.0 cm³/mol. The van der Waals surface area contributed by atoms with Crippen molar-refractivity contribution in [2.45, 2.75) is 0 Å². The molecule has 0 aliphatic rings. The number of nitrogens with two attached hydrogens (primary N) is 1. The molecule has 18 heavy (non-hydrogen) atoms. The molecule has 0 fully saturated rings. The van der Waals surface area contributed by atoms with Crippen molar-refractivity contribution in [3.8, 4) is 0 Å². The van der Waals surface area contributed by atoms with Gasteiger partial charge in [-0.25, -0.2) is 0 Å². The number of hydrogen-bond acceptors (Lipinski definition) is 2. The molecule has 2 aromatic rings. The summed E-state index contributed by atoms with van der Waals surface area (Å²) < 4.78 is 0. The maximum Gasteiger partial charge on any atom is 0.268 e. The van der Waals surface area contributed by atoms with Crippen molar-refractivity contribution in [1.29, 1.82) is 0 Å². The zero-order valence-electron chi connectivity index (χ0n) is 9.64. The number of halogens is 1. The highest BCUT2D eigenvalue weighted by Gasteiger charge is 2.13. The normalized spacial score (nSPS) is 9.83. The molecule has 0 bridgehead atoms. The van der Waals surface area contributed by atoms with E-state index in [1.165, 1.54) is 0 Å². The highest BCUT2D eigenvalue weighted by Crippen LogP contribution is 2.25. The highest BCUT2D eigenvalue weighted by molar-refractivity contribution is 6.68. The van der Waals surface area contributed by atoms with Crippen molar-refractivity contribution >= 4 is 22.4 Å². The average molecular weight is 258 g/mol. The fourth-order valence-corrected chi connectivity index (χ4v) is 1.88. The second-order valence-electron chi connectivity index (χ2n) is 3.79. The summed E-state index contributed by atoms with van der Waals surface area (Å²) in [6.07, 6.45) is 0. The molecule has 0 unspecified atom stereocenters. The molecule has 0 aliphatic carbocycles. The number of allylic oxidation sites excluding steroid dienone is 1. The Morgan fingerprint density at radius 3 is 1.56 bits per heavy atom. The first kappa shape index (κ1) is 12.4. The van der Waals surface area contributed by atoms with E-state index in [-0.39, 0.29) is 5.70 Å². The van der Waals surface area contributed by atoms with E-state index >= 15 is 0 Å². The van der Waals surface area contributed by atoms with Gasteiger partial charge in [-0.1, -0.05) is 60.7 Å². The molecule has 0 atom stereocenters. The molecule has 0 amide bonds. The first-order valence-corrected chi connectivity index (χ1v) is 5.88. The van der Waals surface area contributed by atoms with Crippen LogP contribution in [-0.4, -0.2) is 5.24 Å². The summed E-state index contributed by atoms with van der Waals surface area (Å²) in [6.45, 7) is 0. The molecule has 0 aromatic heterocycles. The van der Waals surface area contributed by atoms with Gasteiger partial charge < -0.3 is 5.73 Å². The van der Waals surface area contributed by atoms with Crippen LogP contribution in [0.2, 0.25) is 0 Å². The maximum atomic E-state index is 11.3. The lowest BCUT2D eigenvalue weighted by Gasteiger charge is -2.10. The van der Waals surface area contributed by atoms with Crippen LogP contribution in [0.5, 0.6) is 0 Å². The molecule has 0 radical (unpaired) electrons. The Morgan fingerprint density at radius 2 is 1.22 bits per heavy atom. The quantitative estimate of drug-likeness (QED) is 0.678. The van der Waals surface area contributed by atoms with E-state index in [9.17, 15) is 4.79 Å². The van der Waals surface area contributed by atoms with Crippen LogP contribution >= 0.6 is 11.6 Å².